The quantitative estimate of drug-likeness (QED) is 0.523. The molecule has 7 heteroatoms. The van der Waals surface area contributed by atoms with E-state index in [1.54, 1.807) is 21.3 Å². The van der Waals surface area contributed by atoms with E-state index in [1.807, 2.05) is 48.5 Å². The summed E-state index contributed by atoms with van der Waals surface area (Å²) in [5, 5.41) is 4.26. The summed E-state index contributed by atoms with van der Waals surface area (Å²) >= 11 is 0. The fraction of sp³-hybridized carbons (Fsp3) is 0.143. The van der Waals surface area contributed by atoms with E-state index in [2.05, 4.69) is 15.3 Å². The predicted molar refractivity (Wildman–Crippen MR) is 107 cm³/mol. The first kappa shape index (κ1) is 17.7. The van der Waals surface area contributed by atoms with Crippen LogP contribution in [0.15, 0.2) is 59.3 Å². The smallest absolute Gasteiger partial charge is 0.203 e. The van der Waals surface area contributed by atoms with Crippen LogP contribution in [-0.4, -0.2) is 31.3 Å². The van der Waals surface area contributed by atoms with E-state index in [1.165, 1.54) is 6.33 Å². The van der Waals surface area contributed by atoms with Gasteiger partial charge in [-0.05, 0) is 12.1 Å². The first-order chi connectivity index (χ1) is 13.7. The number of nitrogens with one attached hydrogen (secondary N) is 1. The Morgan fingerprint density at radius 1 is 0.857 bits per heavy atom. The Morgan fingerprint density at radius 2 is 1.61 bits per heavy atom. The molecule has 0 radical (unpaired) electrons. The summed E-state index contributed by atoms with van der Waals surface area (Å²) in [6.45, 7) is 0. The second-order valence-electron chi connectivity index (χ2n) is 5.98. The van der Waals surface area contributed by atoms with Gasteiger partial charge in [0.1, 0.15) is 23.4 Å². The minimum Gasteiger partial charge on any atom is -0.493 e. The highest BCUT2D eigenvalue weighted by Gasteiger charge is 2.14. The highest BCUT2D eigenvalue weighted by atomic mass is 16.5. The van der Waals surface area contributed by atoms with Gasteiger partial charge in [0, 0.05) is 29.3 Å². The zero-order valence-corrected chi connectivity index (χ0v) is 15.7. The molecule has 0 aliphatic rings. The summed E-state index contributed by atoms with van der Waals surface area (Å²) in [4.78, 5) is 8.62. The summed E-state index contributed by atoms with van der Waals surface area (Å²) in [5.41, 5.74) is 2.24. The monoisotopic (exact) mass is 377 g/mol. The standard InChI is InChI=1S/C21H19N3O4/c1-25-18-9-14(10-19(26-2)21(18)27-3)24-20-11-15(22-12-23-20)17-8-13-6-4-5-7-16(13)28-17/h4-12H,1-3H3,(H,22,23,24). The van der Waals surface area contributed by atoms with Crippen LogP contribution in [-0.2, 0) is 0 Å². The number of anilines is 2. The molecule has 2 aromatic heterocycles. The minimum atomic E-state index is 0.529. The van der Waals surface area contributed by atoms with Gasteiger partial charge in [0.2, 0.25) is 5.75 Å². The van der Waals surface area contributed by atoms with E-state index in [-0.39, 0.29) is 0 Å². The molecule has 7 nitrogen and oxygen atoms in total. The first-order valence-electron chi connectivity index (χ1n) is 8.60. The second kappa shape index (κ2) is 7.48. The Balaban J connectivity index is 1.67. The Kier molecular flexibility index (Phi) is 4.72. The highest BCUT2D eigenvalue weighted by Crippen LogP contribution is 2.40. The van der Waals surface area contributed by atoms with Crippen LogP contribution < -0.4 is 19.5 Å². The van der Waals surface area contributed by atoms with Crippen molar-refractivity contribution in [2.45, 2.75) is 0 Å². The number of rotatable bonds is 6. The Labute approximate surface area is 161 Å². The van der Waals surface area contributed by atoms with Crippen molar-refractivity contribution in [1.82, 2.24) is 9.97 Å². The van der Waals surface area contributed by atoms with Crippen LogP contribution >= 0.6 is 0 Å². The predicted octanol–water partition coefficient (Wildman–Crippen LogP) is 4.66. The summed E-state index contributed by atoms with van der Waals surface area (Å²) in [7, 11) is 4.72. The summed E-state index contributed by atoms with van der Waals surface area (Å²) in [6.07, 6.45) is 1.49. The number of benzene rings is 2. The van der Waals surface area contributed by atoms with E-state index < -0.39 is 0 Å². The fourth-order valence-electron chi connectivity index (χ4n) is 2.97. The van der Waals surface area contributed by atoms with E-state index in [4.69, 9.17) is 18.6 Å². The Bertz CT molecular complexity index is 1070. The molecular weight excluding hydrogens is 358 g/mol. The van der Waals surface area contributed by atoms with Crippen LogP contribution in [0.3, 0.4) is 0 Å². The van der Waals surface area contributed by atoms with Gasteiger partial charge < -0.3 is 23.9 Å². The number of aromatic nitrogens is 2. The third-order valence-corrected chi connectivity index (χ3v) is 4.28. The molecule has 0 spiro atoms. The Hall–Kier alpha value is -3.74. The molecule has 28 heavy (non-hydrogen) atoms. The van der Waals surface area contributed by atoms with Crippen molar-refractivity contribution in [2.75, 3.05) is 26.6 Å². The summed E-state index contributed by atoms with van der Waals surface area (Å²) < 4.78 is 22.0. The van der Waals surface area contributed by atoms with Crippen molar-refractivity contribution >= 4 is 22.5 Å². The number of methoxy groups -OCH3 is 3. The van der Waals surface area contributed by atoms with Gasteiger partial charge >= 0.3 is 0 Å². The molecule has 4 aromatic rings. The Morgan fingerprint density at radius 3 is 2.29 bits per heavy atom. The van der Waals surface area contributed by atoms with Crippen LogP contribution in [0.2, 0.25) is 0 Å². The van der Waals surface area contributed by atoms with Crippen LogP contribution in [0.5, 0.6) is 17.2 Å². The van der Waals surface area contributed by atoms with Crippen LogP contribution in [0.25, 0.3) is 22.4 Å². The maximum atomic E-state index is 5.89. The van der Waals surface area contributed by atoms with Gasteiger partial charge in [-0.2, -0.15) is 0 Å². The lowest BCUT2D eigenvalue weighted by Gasteiger charge is -2.14. The molecule has 2 heterocycles. The largest absolute Gasteiger partial charge is 0.493 e. The van der Waals surface area contributed by atoms with Crippen molar-refractivity contribution in [3.05, 3.63) is 54.9 Å². The molecule has 0 fully saturated rings. The van der Waals surface area contributed by atoms with Crippen molar-refractivity contribution in [2.24, 2.45) is 0 Å². The number of ether oxygens (including phenoxy) is 3. The van der Waals surface area contributed by atoms with E-state index in [0.29, 0.717) is 34.5 Å². The SMILES string of the molecule is COc1cc(Nc2cc(-c3cc4ccccc4o3)ncn2)cc(OC)c1OC. The zero-order valence-electron chi connectivity index (χ0n) is 15.7. The third-order valence-electron chi connectivity index (χ3n) is 4.28. The number of hydrogen-bond acceptors (Lipinski definition) is 7. The molecule has 0 amide bonds. The van der Waals surface area contributed by atoms with Crippen LogP contribution in [0.4, 0.5) is 11.5 Å². The maximum Gasteiger partial charge on any atom is 0.203 e. The normalized spacial score (nSPS) is 10.7. The van der Waals surface area contributed by atoms with Crippen molar-refractivity contribution in [1.29, 1.82) is 0 Å². The van der Waals surface area contributed by atoms with E-state index >= 15 is 0 Å². The lowest BCUT2D eigenvalue weighted by Crippen LogP contribution is -1.99. The van der Waals surface area contributed by atoms with Gasteiger partial charge in [-0.25, -0.2) is 9.97 Å². The van der Waals surface area contributed by atoms with Gasteiger partial charge in [0.05, 0.1) is 21.3 Å². The molecule has 0 bridgehead atoms. The number of para-hydroxylation sites is 1. The maximum absolute atomic E-state index is 5.89. The van der Waals surface area contributed by atoms with Gasteiger partial charge in [-0.1, -0.05) is 18.2 Å². The van der Waals surface area contributed by atoms with Crippen molar-refractivity contribution in [3.63, 3.8) is 0 Å². The molecular formula is C21H19N3O4. The molecule has 2 aromatic carbocycles. The zero-order chi connectivity index (χ0) is 19.5. The molecule has 142 valence electrons. The molecule has 0 saturated carbocycles. The minimum absolute atomic E-state index is 0.529. The van der Waals surface area contributed by atoms with Crippen molar-refractivity contribution in [3.8, 4) is 28.7 Å². The second-order valence-corrected chi connectivity index (χ2v) is 5.98. The lowest BCUT2D eigenvalue weighted by molar-refractivity contribution is 0.324. The lowest BCUT2D eigenvalue weighted by atomic mass is 10.2. The molecule has 0 unspecified atom stereocenters. The molecule has 4 rings (SSSR count). The van der Waals surface area contributed by atoms with Crippen LogP contribution in [0, 0.1) is 0 Å². The molecule has 1 N–H and O–H groups in total. The molecule has 0 aliphatic heterocycles. The van der Waals surface area contributed by atoms with Gasteiger partial charge in [0.15, 0.2) is 17.3 Å². The highest BCUT2D eigenvalue weighted by molar-refractivity contribution is 5.82. The molecule has 0 atom stereocenters. The molecule has 0 aliphatic carbocycles. The first-order valence-corrected chi connectivity index (χ1v) is 8.60. The van der Waals surface area contributed by atoms with E-state index in [0.717, 1.165) is 16.7 Å². The van der Waals surface area contributed by atoms with Gasteiger partial charge in [-0.3, -0.25) is 0 Å². The van der Waals surface area contributed by atoms with Crippen LogP contribution in [0.1, 0.15) is 0 Å². The number of nitrogens with zero attached hydrogens (tertiary/aromatic N) is 2. The summed E-state index contributed by atoms with van der Waals surface area (Å²) in [5.74, 6) is 2.92. The summed E-state index contributed by atoms with van der Waals surface area (Å²) in [6, 6.07) is 15.2. The van der Waals surface area contributed by atoms with Gasteiger partial charge in [-0.15, -0.1) is 0 Å². The average Bonchev–Trinajstić information content (AvgIpc) is 3.17. The number of hydrogen-bond donors (Lipinski definition) is 1. The fourth-order valence-corrected chi connectivity index (χ4v) is 2.97. The molecule has 0 saturated heterocycles. The number of furan rings is 1. The van der Waals surface area contributed by atoms with Gasteiger partial charge in [0.25, 0.3) is 0 Å². The topological polar surface area (TPSA) is 78.6 Å². The van der Waals surface area contributed by atoms with E-state index in [9.17, 15) is 0 Å². The average molecular weight is 377 g/mol. The third kappa shape index (κ3) is 3.29. The van der Waals surface area contributed by atoms with Crippen molar-refractivity contribution < 1.29 is 18.6 Å². The number of fused-ring (bicyclic) bond motifs is 1.